The molecule has 0 atom stereocenters. The van der Waals surface area contributed by atoms with Crippen molar-refractivity contribution in [2.24, 2.45) is 0 Å². The molecule has 3 aromatic rings. The van der Waals surface area contributed by atoms with Gasteiger partial charge in [-0.05, 0) is 24.3 Å². The normalized spacial score (nSPS) is 10.2. The van der Waals surface area contributed by atoms with Crippen LogP contribution < -0.4 is 14.8 Å². The third-order valence-electron chi connectivity index (χ3n) is 3.63. The molecule has 24 heavy (non-hydrogen) atoms. The van der Waals surface area contributed by atoms with Gasteiger partial charge in [0.2, 0.25) is 0 Å². The highest BCUT2D eigenvalue weighted by atomic mass is 35.5. The van der Waals surface area contributed by atoms with Crippen molar-refractivity contribution in [3.8, 4) is 17.6 Å². The number of benzene rings is 2. The summed E-state index contributed by atoms with van der Waals surface area (Å²) in [6.07, 6.45) is 1.53. The van der Waals surface area contributed by atoms with E-state index in [0.717, 1.165) is 10.9 Å². The molecule has 0 aliphatic carbocycles. The second-order valence-electron chi connectivity index (χ2n) is 4.98. The van der Waals surface area contributed by atoms with Crippen molar-refractivity contribution in [3.63, 3.8) is 0 Å². The molecule has 1 heterocycles. The van der Waals surface area contributed by atoms with E-state index in [0.29, 0.717) is 33.5 Å². The maximum Gasteiger partial charge on any atom is 0.130 e. The van der Waals surface area contributed by atoms with Crippen LogP contribution in [-0.2, 0) is 0 Å². The van der Waals surface area contributed by atoms with E-state index in [1.54, 1.807) is 32.4 Å². The predicted molar refractivity (Wildman–Crippen MR) is 94.3 cm³/mol. The average molecular weight is 340 g/mol. The Labute approximate surface area is 144 Å². The van der Waals surface area contributed by atoms with Gasteiger partial charge >= 0.3 is 0 Å². The Kier molecular flexibility index (Phi) is 4.41. The van der Waals surface area contributed by atoms with E-state index in [4.69, 9.17) is 21.1 Å². The Hall–Kier alpha value is -2.97. The van der Waals surface area contributed by atoms with Crippen LogP contribution >= 0.6 is 11.6 Å². The van der Waals surface area contributed by atoms with E-state index < -0.39 is 0 Å². The van der Waals surface area contributed by atoms with Gasteiger partial charge in [0.05, 0.1) is 47.1 Å². The zero-order valence-corrected chi connectivity index (χ0v) is 13.9. The first-order valence-electron chi connectivity index (χ1n) is 7.14. The van der Waals surface area contributed by atoms with Gasteiger partial charge in [0.25, 0.3) is 0 Å². The van der Waals surface area contributed by atoms with E-state index in [1.807, 2.05) is 18.2 Å². The molecule has 2 aromatic carbocycles. The quantitative estimate of drug-likeness (QED) is 0.756. The molecule has 1 aromatic heterocycles. The van der Waals surface area contributed by atoms with Crippen LogP contribution in [0, 0.1) is 11.3 Å². The molecule has 120 valence electrons. The van der Waals surface area contributed by atoms with Crippen molar-refractivity contribution < 1.29 is 9.47 Å². The van der Waals surface area contributed by atoms with Crippen LogP contribution in [0.3, 0.4) is 0 Å². The van der Waals surface area contributed by atoms with Crippen LogP contribution in [0.2, 0.25) is 5.02 Å². The van der Waals surface area contributed by atoms with E-state index in [9.17, 15) is 5.26 Å². The molecule has 5 nitrogen and oxygen atoms in total. The molecule has 0 aliphatic rings. The van der Waals surface area contributed by atoms with Crippen LogP contribution in [0.15, 0.2) is 42.6 Å². The van der Waals surface area contributed by atoms with Crippen molar-refractivity contribution in [2.75, 3.05) is 19.5 Å². The minimum atomic E-state index is 0.394. The first-order chi connectivity index (χ1) is 11.7. The fourth-order valence-electron chi connectivity index (χ4n) is 2.46. The molecule has 6 heteroatoms. The van der Waals surface area contributed by atoms with Crippen molar-refractivity contribution in [3.05, 3.63) is 53.2 Å². The molecule has 0 radical (unpaired) electrons. The lowest BCUT2D eigenvalue weighted by atomic mass is 10.1. The molecule has 0 bridgehead atoms. The Bertz CT molecular complexity index is 951. The van der Waals surface area contributed by atoms with Gasteiger partial charge in [0.1, 0.15) is 17.6 Å². The van der Waals surface area contributed by atoms with E-state index in [2.05, 4.69) is 16.4 Å². The summed E-state index contributed by atoms with van der Waals surface area (Å²) >= 11 is 6.28. The number of methoxy groups -OCH3 is 2. The van der Waals surface area contributed by atoms with Gasteiger partial charge in [-0.1, -0.05) is 17.7 Å². The predicted octanol–water partition coefficient (Wildman–Crippen LogP) is 4.52. The SMILES string of the molecule is COc1ccc(Cl)c(Nc2c(C#N)cnc3cccc(OC)c23)c1. The number of halogens is 1. The minimum absolute atomic E-state index is 0.394. The number of pyridine rings is 1. The second-order valence-corrected chi connectivity index (χ2v) is 5.39. The molecule has 0 amide bonds. The number of hydrogen-bond donors (Lipinski definition) is 1. The number of anilines is 2. The van der Waals surface area contributed by atoms with Gasteiger partial charge in [-0.2, -0.15) is 5.26 Å². The second kappa shape index (κ2) is 6.65. The van der Waals surface area contributed by atoms with Crippen LogP contribution in [0.5, 0.6) is 11.5 Å². The molecular weight excluding hydrogens is 326 g/mol. The third-order valence-corrected chi connectivity index (χ3v) is 3.96. The summed E-state index contributed by atoms with van der Waals surface area (Å²) < 4.78 is 10.7. The largest absolute Gasteiger partial charge is 0.497 e. The Morgan fingerprint density at radius 1 is 1.17 bits per heavy atom. The van der Waals surface area contributed by atoms with Gasteiger partial charge in [-0.25, -0.2) is 0 Å². The molecular formula is C18H14ClN3O2. The van der Waals surface area contributed by atoms with Gasteiger partial charge in [0.15, 0.2) is 0 Å². The van der Waals surface area contributed by atoms with Crippen LogP contribution in [0.4, 0.5) is 11.4 Å². The fraction of sp³-hybridized carbons (Fsp3) is 0.111. The van der Waals surface area contributed by atoms with Crippen molar-refractivity contribution in [2.45, 2.75) is 0 Å². The van der Waals surface area contributed by atoms with Gasteiger partial charge < -0.3 is 14.8 Å². The number of fused-ring (bicyclic) bond motifs is 1. The molecule has 1 N–H and O–H groups in total. The molecule has 3 rings (SSSR count). The fourth-order valence-corrected chi connectivity index (χ4v) is 2.62. The summed E-state index contributed by atoms with van der Waals surface area (Å²) in [6.45, 7) is 0. The summed E-state index contributed by atoms with van der Waals surface area (Å²) in [5, 5.41) is 13.9. The van der Waals surface area contributed by atoms with Gasteiger partial charge in [0, 0.05) is 12.3 Å². The van der Waals surface area contributed by atoms with E-state index in [-0.39, 0.29) is 0 Å². The summed E-state index contributed by atoms with van der Waals surface area (Å²) in [4.78, 5) is 4.32. The zero-order valence-electron chi connectivity index (χ0n) is 13.1. The Morgan fingerprint density at radius 2 is 2.00 bits per heavy atom. The number of ether oxygens (including phenoxy) is 2. The van der Waals surface area contributed by atoms with Crippen molar-refractivity contribution in [1.29, 1.82) is 5.26 Å². The lowest BCUT2D eigenvalue weighted by molar-refractivity contribution is 0.415. The molecule has 0 saturated heterocycles. The minimum Gasteiger partial charge on any atom is -0.497 e. The highest BCUT2D eigenvalue weighted by Gasteiger charge is 2.15. The molecule has 0 aliphatic heterocycles. The number of aromatic nitrogens is 1. The standard InChI is InChI=1S/C18H14ClN3O2/c1-23-12-6-7-13(19)15(8-12)22-18-11(9-20)10-21-14-4-3-5-16(24-2)17(14)18/h3-8,10H,1-2H3,(H,21,22). The van der Waals surface area contributed by atoms with Crippen molar-refractivity contribution in [1.82, 2.24) is 4.98 Å². The lowest BCUT2D eigenvalue weighted by Gasteiger charge is -2.15. The zero-order chi connectivity index (χ0) is 17.1. The number of rotatable bonds is 4. The van der Waals surface area contributed by atoms with Crippen LogP contribution in [0.25, 0.3) is 10.9 Å². The van der Waals surface area contributed by atoms with Crippen LogP contribution in [-0.4, -0.2) is 19.2 Å². The number of hydrogen-bond acceptors (Lipinski definition) is 5. The average Bonchev–Trinajstić information content (AvgIpc) is 2.63. The van der Waals surface area contributed by atoms with Gasteiger partial charge in [-0.3, -0.25) is 4.98 Å². The highest BCUT2D eigenvalue weighted by Crippen LogP contribution is 2.37. The number of nitrogens with one attached hydrogen (secondary N) is 1. The third kappa shape index (κ3) is 2.80. The lowest BCUT2D eigenvalue weighted by Crippen LogP contribution is -1.99. The molecule has 0 spiro atoms. The monoisotopic (exact) mass is 339 g/mol. The topological polar surface area (TPSA) is 67.2 Å². The first-order valence-corrected chi connectivity index (χ1v) is 7.52. The molecule has 0 fully saturated rings. The summed E-state index contributed by atoms with van der Waals surface area (Å²) in [5.41, 5.74) is 2.33. The van der Waals surface area contributed by atoms with E-state index >= 15 is 0 Å². The molecule has 0 unspecified atom stereocenters. The summed E-state index contributed by atoms with van der Waals surface area (Å²) in [6, 6.07) is 13.0. The molecule has 0 saturated carbocycles. The Morgan fingerprint density at radius 3 is 2.71 bits per heavy atom. The van der Waals surface area contributed by atoms with Crippen molar-refractivity contribution >= 4 is 33.9 Å². The summed E-state index contributed by atoms with van der Waals surface area (Å²) in [7, 11) is 3.16. The number of nitrogens with zero attached hydrogens (tertiary/aromatic N) is 2. The van der Waals surface area contributed by atoms with Gasteiger partial charge in [-0.15, -0.1) is 0 Å². The maximum atomic E-state index is 9.46. The Balaban J connectivity index is 2.23. The highest BCUT2D eigenvalue weighted by molar-refractivity contribution is 6.33. The summed E-state index contributed by atoms with van der Waals surface area (Å²) in [5.74, 6) is 1.28. The van der Waals surface area contributed by atoms with E-state index in [1.165, 1.54) is 6.20 Å². The van der Waals surface area contributed by atoms with Crippen LogP contribution in [0.1, 0.15) is 5.56 Å². The first kappa shape index (κ1) is 15.9. The maximum absolute atomic E-state index is 9.46. The smallest absolute Gasteiger partial charge is 0.130 e. The number of nitriles is 1.